The van der Waals surface area contributed by atoms with Crippen molar-refractivity contribution in [1.82, 2.24) is 5.32 Å². The van der Waals surface area contributed by atoms with Gasteiger partial charge in [0.2, 0.25) is 5.91 Å². The van der Waals surface area contributed by atoms with Gasteiger partial charge >= 0.3 is 0 Å². The molecule has 1 heterocycles. The molecule has 10 heteroatoms. The van der Waals surface area contributed by atoms with E-state index in [-0.39, 0.29) is 28.6 Å². The Morgan fingerprint density at radius 3 is 2.35 bits per heavy atom. The van der Waals surface area contributed by atoms with E-state index >= 15 is 0 Å². The fourth-order valence-electron chi connectivity index (χ4n) is 3.78. The Labute approximate surface area is 211 Å². The normalized spacial score (nSPS) is 17.1. The monoisotopic (exact) mass is 602 g/mol. The second kappa shape index (κ2) is 9.18. The van der Waals surface area contributed by atoms with Crippen LogP contribution in [0.25, 0.3) is 0 Å². The van der Waals surface area contributed by atoms with Gasteiger partial charge in [-0.2, -0.15) is 0 Å². The number of nitrogens with one attached hydrogen (secondary N) is 1. The number of alkyl halides is 1. The molecule has 3 aromatic rings. The van der Waals surface area contributed by atoms with Crippen molar-refractivity contribution in [2.24, 2.45) is 0 Å². The predicted octanol–water partition coefficient (Wildman–Crippen LogP) is 6.02. The third kappa shape index (κ3) is 4.38. The Kier molecular flexibility index (Phi) is 6.61. The van der Waals surface area contributed by atoms with Gasteiger partial charge in [0, 0.05) is 51.6 Å². The number of carbonyl (C=O) groups excluding carboxylic acids is 2. The number of benzene rings is 3. The van der Waals surface area contributed by atoms with Gasteiger partial charge < -0.3 is 10.2 Å². The summed E-state index contributed by atoms with van der Waals surface area (Å²) in [7, 11) is 0. The number of hydrogen-bond acceptors (Lipinski definition) is 2. The first kappa shape index (κ1) is 24.5. The van der Waals surface area contributed by atoms with Crippen LogP contribution < -0.4 is 10.2 Å². The fourth-order valence-corrected chi connectivity index (χ4v) is 4.75. The average Bonchev–Trinajstić information content (AvgIpc) is 2.95. The van der Waals surface area contributed by atoms with Crippen LogP contribution in [-0.4, -0.2) is 11.8 Å². The van der Waals surface area contributed by atoms with E-state index in [2.05, 4.69) is 5.32 Å². The Hall–Kier alpha value is -2.66. The standard InChI is InChI=1S/C24H16ClF4IN2O2/c1-24(30)16-6-5-12(22(33)31-10-14-19(28)8-13(26)9-20(14)29)7-21(16)32(23(24)34)11-15-17(25)3-2-4-18(15)27/h2-9H,10-11H2,1H3,(H,31,33). The van der Waals surface area contributed by atoms with E-state index in [1.807, 2.05) is 22.6 Å². The van der Waals surface area contributed by atoms with E-state index in [4.69, 9.17) is 11.6 Å². The molecule has 0 fully saturated rings. The third-order valence-corrected chi connectivity index (χ3v) is 7.01. The number of nitrogens with zero attached hydrogens (tertiary/aromatic N) is 1. The number of amides is 2. The number of anilines is 1. The van der Waals surface area contributed by atoms with Crippen LogP contribution in [0.4, 0.5) is 23.2 Å². The van der Waals surface area contributed by atoms with E-state index in [1.165, 1.54) is 35.2 Å². The van der Waals surface area contributed by atoms with Gasteiger partial charge in [0.1, 0.15) is 26.7 Å². The molecule has 0 bridgehead atoms. The van der Waals surface area contributed by atoms with Crippen LogP contribution in [0.15, 0.2) is 48.5 Å². The highest BCUT2D eigenvalue weighted by atomic mass is 127. The lowest BCUT2D eigenvalue weighted by atomic mass is 10.0. The summed E-state index contributed by atoms with van der Waals surface area (Å²) >= 11 is 8.13. The maximum atomic E-state index is 14.4. The van der Waals surface area contributed by atoms with E-state index in [1.54, 1.807) is 13.0 Å². The van der Waals surface area contributed by atoms with Gasteiger partial charge in [-0.25, -0.2) is 17.6 Å². The zero-order valence-electron chi connectivity index (χ0n) is 17.6. The van der Waals surface area contributed by atoms with E-state index < -0.39 is 44.7 Å². The largest absolute Gasteiger partial charge is 0.348 e. The van der Waals surface area contributed by atoms with Gasteiger partial charge in [0.25, 0.3) is 5.91 Å². The highest BCUT2D eigenvalue weighted by molar-refractivity contribution is 14.1. The number of halogens is 6. The van der Waals surface area contributed by atoms with Gasteiger partial charge in [0.05, 0.1) is 6.54 Å². The van der Waals surface area contributed by atoms with Crippen LogP contribution in [-0.2, 0) is 21.3 Å². The summed E-state index contributed by atoms with van der Waals surface area (Å²) in [5.41, 5.74) is 0.787. The molecule has 1 aliphatic rings. The molecule has 176 valence electrons. The molecule has 0 aromatic heterocycles. The number of carbonyl (C=O) groups is 2. The highest BCUT2D eigenvalue weighted by Crippen LogP contribution is 2.47. The van der Waals surface area contributed by atoms with Crippen molar-refractivity contribution in [1.29, 1.82) is 0 Å². The molecule has 0 saturated heterocycles. The number of hydrogen-bond donors (Lipinski definition) is 1. The minimum absolute atomic E-state index is 0.119. The number of fused-ring (bicyclic) bond motifs is 1. The zero-order chi connectivity index (χ0) is 24.8. The van der Waals surface area contributed by atoms with Gasteiger partial charge in [-0.1, -0.05) is 46.3 Å². The maximum absolute atomic E-state index is 14.4. The third-order valence-electron chi connectivity index (χ3n) is 5.61. The predicted molar refractivity (Wildman–Crippen MR) is 128 cm³/mol. The van der Waals surface area contributed by atoms with E-state index in [9.17, 15) is 27.2 Å². The van der Waals surface area contributed by atoms with Crippen LogP contribution in [0.5, 0.6) is 0 Å². The van der Waals surface area contributed by atoms with Crippen LogP contribution in [0.1, 0.15) is 34.0 Å². The Morgan fingerprint density at radius 1 is 1.03 bits per heavy atom. The Balaban J connectivity index is 1.63. The average molecular weight is 603 g/mol. The molecule has 1 atom stereocenters. The summed E-state index contributed by atoms with van der Waals surface area (Å²) in [5, 5.41) is 2.56. The summed E-state index contributed by atoms with van der Waals surface area (Å²) in [6, 6.07) is 9.81. The van der Waals surface area contributed by atoms with Crippen LogP contribution in [0.2, 0.25) is 5.02 Å². The fraction of sp³-hybridized carbons (Fsp3) is 0.167. The topological polar surface area (TPSA) is 49.4 Å². The molecule has 0 saturated carbocycles. The molecular formula is C24H16ClF4IN2O2. The van der Waals surface area contributed by atoms with Crippen molar-refractivity contribution in [3.63, 3.8) is 0 Å². The lowest BCUT2D eigenvalue weighted by Crippen LogP contribution is -2.34. The summed E-state index contributed by atoms with van der Waals surface area (Å²) in [5.74, 6) is -4.84. The van der Waals surface area contributed by atoms with E-state index in [0.29, 0.717) is 23.4 Å². The van der Waals surface area contributed by atoms with Crippen molar-refractivity contribution < 1.29 is 27.2 Å². The minimum atomic E-state index is -1.12. The van der Waals surface area contributed by atoms with Gasteiger partial charge in [-0.15, -0.1) is 0 Å². The second-order valence-corrected chi connectivity index (χ2v) is 10.4. The lowest BCUT2D eigenvalue weighted by molar-refractivity contribution is -0.119. The molecule has 4 rings (SSSR count). The molecular weight excluding hydrogens is 587 g/mol. The van der Waals surface area contributed by atoms with Crippen molar-refractivity contribution in [2.45, 2.75) is 23.4 Å². The van der Waals surface area contributed by atoms with Gasteiger partial charge in [0.15, 0.2) is 0 Å². The van der Waals surface area contributed by atoms with Crippen molar-refractivity contribution in [3.8, 4) is 0 Å². The quantitative estimate of drug-likeness (QED) is 0.221. The molecule has 0 radical (unpaired) electrons. The zero-order valence-corrected chi connectivity index (χ0v) is 20.5. The van der Waals surface area contributed by atoms with Gasteiger partial charge in [-0.3, -0.25) is 9.59 Å². The molecule has 2 amide bonds. The smallest absolute Gasteiger partial charge is 0.251 e. The highest BCUT2D eigenvalue weighted by Gasteiger charge is 2.46. The minimum Gasteiger partial charge on any atom is -0.348 e. The molecule has 3 aromatic carbocycles. The molecule has 1 N–H and O–H groups in total. The summed E-state index contributed by atoms with van der Waals surface area (Å²) in [6.45, 7) is 1.05. The Bertz CT molecular complexity index is 1290. The van der Waals surface area contributed by atoms with E-state index in [0.717, 1.165) is 0 Å². The summed E-state index contributed by atoms with van der Waals surface area (Å²) in [4.78, 5) is 27.2. The SMILES string of the molecule is CC1(I)C(=O)N(Cc2c(F)cccc2Cl)c2cc(C(=O)NCc3c(F)cc(F)cc3F)ccc21. The first-order chi connectivity index (χ1) is 16.0. The maximum Gasteiger partial charge on any atom is 0.251 e. The second-order valence-electron chi connectivity index (χ2n) is 7.86. The summed E-state index contributed by atoms with van der Waals surface area (Å²) < 4.78 is 54.3. The van der Waals surface area contributed by atoms with Crippen molar-refractivity contribution in [2.75, 3.05) is 4.90 Å². The lowest BCUT2D eigenvalue weighted by Gasteiger charge is -2.20. The van der Waals surface area contributed by atoms with Gasteiger partial charge in [-0.05, 0) is 31.2 Å². The first-order valence-electron chi connectivity index (χ1n) is 10.0. The van der Waals surface area contributed by atoms with Crippen LogP contribution >= 0.6 is 34.2 Å². The molecule has 4 nitrogen and oxygen atoms in total. The van der Waals surface area contributed by atoms with Crippen molar-refractivity contribution >= 4 is 51.7 Å². The van der Waals surface area contributed by atoms with Crippen molar-refractivity contribution in [3.05, 3.63) is 99.1 Å². The molecule has 1 aliphatic heterocycles. The summed E-state index contributed by atoms with van der Waals surface area (Å²) in [6.07, 6.45) is 0. The van der Waals surface area contributed by atoms with Crippen LogP contribution in [0.3, 0.4) is 0 Å². The molecule has 0 aliphatic carbocycles. The molecule has 1 unspecified atom stereocenters. The first-order valence-corrected chi connectivity index (χ1v) is 11.5. The van der Waals surface area contributed by atoms with Crippen LogP contribution in [0, 0.1) is 23.3 Å². The Morgan fingerprint density at radius 2 is 1.71 bits per heavy atom. The molecule has 0 spiro atoms. The number of rotatable bonds is 5. The molecule has 34 heavy (non-hydrogen) atoms.